The molecule has 0 aliphatic carbocycles. The molecule has 38 heavy (non-hydrogen) atoms. The number of piperazine rings is 1. The maximum atomic E-state index is 14.0. The summed E-state index contributed by atoms with van der Waals surface area (Å²) in [4.78, 5) is 19.3. The molecule has 6 nitrogen and oxygen atoms in total. The molecular weight excluding hydrogens is 503 g/mol. The lowest BCUT2D eigenvalue weighted by atomic mass is 10.1. The minimum atomic E-state index is -4.50. The molecule has 1 aromatic carbocycles. The third-order valence-corrected chi connectivity index (χ3v) is 7.04. The van der Waals surface area contributed by atoms with Gasteiger partial charge in [-0.25, -0.2) is 18.7 Å². The van der Waals surface area contributed by atoms with E-state index in [1.54, 1.807) is 11.0 Å². The molecule has 2 atom stereocenters. The van der Waals surface area contributed by atoms with Gasteiger partial charge in [0, 0.05) is 56.1 Å². The van der Waals surface area contributed by atoms with E-state index in [4.69, 9.17) is 4.98 Å². The van der Waals surface area contributed by atoms with Crippen LogP contribution >= 0.6 is 0 Å². The fraction of sp³-hybridized carbons (Fsp3) is 0.444. The van der Waals surface area contributed by atoms with Crippen LogP contribution in [0.1, 0.15) is 39.7 Å². The highest BCUT2D eigenvalue weighted by Crippen LogP contribution is 2.37. The minimum absolute atomic E-state index is 0. The van der Waals surface area contributed by atoms with Gasteiger partial charge in [0.2, 0.25) is 5.95 Å². The molecule has 0 N–H and O–H groups in total. The predicted molar refractivity (Wildman–Crippen MR) is 138 cm³/mol. The van der Waals surface area contributed by atoms with Crippen LogP contribution < -0.4 is 14.7 Å². The van der Waals surface area contributed by atoms with Gasteiger partial charge in [0.05, 0.1) is 11.3 Å². The predicted octanol–water partition coefficient (Wildman–Crippen LogP) is 6.18. The topological polar surface area (TPSA) is 48.4 Å². The van der Waals surface area contributed by atoms with Crippen molar-refractivity contribution >= 4 is 17.6 Å². The second-order valence-electron chi connectivity index (χ2n) is 9.59. The Morgan fingerprint density at radius 2 is 1.68 bits per heavy atom. The third-order valence-electron chi connectivity index (χ3n) is 7.04. The first-order valence-electron chi connectivity index (χ1n) is 12.3. The lowest BCUT2D eigenvalue weighted by Crippen LogP contribution is -2.53. The van der Waals surface area contributed by atoms with Gasteiger partial charge in [-0.05, 0) is 57.0 Å². The molecule has 2 aliphatic rings. The lowest BCUT2D eigenvalue weighted by molar-refractivity contribution is -0.137. The van der Waals surface area contributed by atoms with Crippen LogP contribution in [-0.4, -0.2) is 53.2 Å². The van der Waals surface area contributed by atoms with Crippen molar-refractivity contribution in [2.45, 2.75) is 52.4 Å². The summed E-state index contributed by atoms with van der Waals surface area (Å²) < 4.78 is 68.4. The fourth-order valence-electron chi connectivity index (χ4n) is 5.09. The maximum Gasteiger partial charge on any atom is 0.419 e. The van der Waals surface area contributed by atoms with E-state index in [0.717, 1.165) is 37.6 Å². The maximum absolute atomic E-state index is 14.0. The lowest BCUT2D eigenvalue weighted by Gasteiger charge is -2.42. The van der Waals surface area contributed by atoms with Crippen molar-refractivity contribution < 1.29 is 22.0 Å². The summed E-state index contributed by atoms with van der Waals surface area (Å²) in [6.07, 6.45) is -1.15. The van der Waals surface area contributed by atoms with Gasteiger partial charge in [0.1, 0.15) is 11.6 Å². The molecular formula is C27H31F5N6. The number of nitrogens with zero attached hydrogens (tertiary/aromatic N) is 6. The van der Waals surface area contributed by atoms with Crippen LogP contribution in [0, 0.1) is 11.6 Å². The number of pyridine rings is 1. The van der Waals surface area contributed by atoms with Gasteiger partial charge in [0.25, 0.3) is 0 Å². The zero-order chi connectivity index (χ0) is 26.3. The van der Waals surface area contributed by atoms with Crippen LogP contribution in [0.25, 0.3) is 11.3 Å². The Balaban J connectivity index is 0.00000336. The zero-order valence-electron chi connectivity index (χ0n) is 20.5. The Bertz CT molecular complexity index is 1280. The quantitative estimate of drug-likeness (QED) is 0.373. The van der Waals surface area contributed by atoms with Gasteiger partial charge < -0.3 is 14.7 Å². The molecule has 0 unspecified atom stereocenters. The Hall–Kier alpha value is -3.50. The number of hydrogen-bond acceptors (Lipinski definition) is 6. The van der Waals surface area contributed by atoms with Crippen molar-refractivity contribution in [2.24, 2.45) is 0 Å². The van der Waals surface area contributed by atoms with E-state index in [1.807, 2.05) is 11.8 Å². The van der Waals surface area contributed by atoms with Crippen LogP contribution in [0.3, 0.4) is 0 Å². The van der Waals surface area contributed by atoms with Crippen LogP contribution in [0.5, 0.6) is 0 Å². The number of halogens is 5. The highest BCUT2D eigenvalue weighted by molar-refractivity contribution is 5.66. The van der Waals surface area contributed by atoms with E-state index in [-0.39, 0.29) is 25.3 Å². The summed E-state index contributed by atoms with van der Waals surface area (Å²) in [5, 5.41) is 0. The zero-order valence-corrected chi connectivity index (χ0v) is 20.5. The molecule has 2 aromatic heterocycles. The molecule has 2 aliphatic heterocycles. The molecule has 0 bridgehead atoms. The van der Waals surface area contributed by atoms with Crippen LogP contribution in [-0.2, 0) is 6.18 Å². The van der Waals surface area contributed by atoms with Gasteiger partial charge in [-0.3, -0.25) is 0 Å². The van der Waals surface area contributed by atoms with Crippen LogP contribution in [0.4, 0.5) is 39.5 Å². The summed E-state index contributed by atoms with van der Waals surface area (Å²) in [5.74, 6) is -0.900. The highest BCUT2D eigenvalue weighted by atomic mass is 19.4. The van der Waals surface area contributed by atoms with Crippen molar-refractivity contribution in [3.8, 4) is 11.3 Å². The standard InChI is InChI=1S/C26H27F5N6.CH4/c1-16-5-4-10-37(16)25-33-22(18-7-8-20(27)21(28)13-18)14-23(34-25)36-12-11-35(15-17(36)2)24-19(26(29,30)31)6-3-9-32-24;/h3,6-9,13-14,16-17H,4-5,10-12,15H2,1-2H3;1H4/t16-,17+;/m0./s1. The largest absolute Gasteiger partial charge is 0.419 e. The fourth-order valence-corrected chi connectivity index (χ4v) is 5.09. The van der Waals surface area contributed by atoms with E-state index in [9.17, 15) is 22.0 Å². The van der Waals surface area contributed by atoms with E-state index in [2.05, 4.69) is 21.8 Å². The molecule has 0 amide bonds. The Morgan fingerprint density at radius 3 is 2.34 bits per heavy atom. The van der Waals surface area contributed by atoms with Crippen molar-refractivity contribution in [2.75, 3.05) is 40.9 Å². The summed E-state index contributed by atoms with van der Waals surface area (Å²) in [5.41, 5.74) is 0.116. The van der Waals surface area contributed by atoms with Crippen molar-refractivity contribution in [1.82, 2.24) is 15.0 Å². The van der Waals surface area contributed by atoms with Gasteiger partial charge in [0.15, 0.2) is 11.6 Å². The summed E-state index contributed by atoms with van der Waals surface area (Å²) in [7, 11) is 0. The van der Waals surface area contributed by atoms with Gasteiger partial charge in [-0.2, -0.15) is 18.2 Å². The van der Waals surface area contributed by atoms with Crippen molar-refractivity contribution in [3.63, 3.8) is 0 Å². The SMILES string of the molecule is C.C[C@@H]1CN(c2ncccc2C(F)(F)F)CCN1c1cc(-c2ccc(F)c(F)c2)nc(N2CCC[C@@H]2C)n1. The van der Waals surface area contributed by atoms with Crippen LogP contribution in [0.2, 0.25) is 0 Å². The van der Waals surface area contributed by atoms with Gasteiger partial charge >= 0.3 is 6.18 Å². The molecule has 0 radical (unpaired) electrons. The molecule has 204 valence electrons. The van der Waals surface area contributed by atoms with Crippen LogP contribution in [0.15, 0.2) is 42.6 Å². The first kappa shape index (κ1) is 27.5. The summed E-state index contributed by atoms with van der Waals surface area (Å²) in [6, 6.07) is 7.74. The summed E-state index contributed by atoms with van der Waals surface area (Å²) in [6.45, 7) is 5.81. The van der Waals surface area contributed by atoms with E-state index in [0.29, 0.717) is 42.7 Å². The van der Waals surface area contributed by atoms with Gasteiger partial charge in [-0.15, -0.1) is 0 Å². The van der Waals surface area contributed by atoms with Crippen molar-refractivity contribution in [3.05, 3.63) is 59.8 Å². The molecule has 0 spiro atoms. The number of anilines is 3. The molecule has 2 saturated heterocycles. The second kappa shape index (κ2) is 10.7. The molecule has 0 saturated carbocycles. The number of hydrogen-bond donors (Lipinski definition) is 0. The number of benzene rings is 1. The van der Waals surface area contributed by atoms with E-state index < -0.39 is 23.4 Å². The first-order chi connectivity index (χ1) is 17.6. The van der Waals surface area contributed by atoms with E-state index in [1.165, 1.54) is 18.3 Å². The molecule has 5 rings (SSSR count). The average molecular weight is 535 g/mol. The van der Waals surface area contributed by atoms with E-state index >= 15 is 0 Å². The minimum Gasteiger partial charge on any atom is -0.352 e. The normalized spacial score (nSPS) is 20.0. The third kappa shape index (κ3) is 5.37. The average Bonchev–Trinajstić information content (AvgIpc) is 3.30. The molecule has 11 heteroatoms. The first-order valence-corrected chi connectivity index (χ1v) is 12.3. The Kier molecular flexibility index (Phi) is 7.75. The molecule has 4 heterocycles. The molecule has 2 fully saturated rings. The van der Waals surface area contributed by atoms with Crippen molar-refractivity contribution in [1.29, 1.82) is 0 Å². The smallest absolute Gasteiger partial charge is 0.352 e. The monoisotopic (exact) mass is 534 g/mol. The number of rotatable bonds is 4. The highest BCUT2D eigenvalue weighted by Gasteiger charge is 2.37. The summed E-state index contributed by atoms with van der Waals surface area (Å²) >= 11 is 0. The number of alkyl halides is 3. The van der Waals surface area contributed by atoms with Gasteiger partial charge in [-0.1, -0.05) is 7.43 Å². The Labute approximate surface area is 219 Å². The Morgan fingerprint density at radius 1 is 0.895 bits per heavy atom. The molecule has 3 aromatic rings. The number of aromatic nitrogens is 3. The second-order valence-corrected chi connectivity index (χ2v) is 9.59.